The van der Waals surface area contributed by atoms with E-state index in [1.807, 2.05) is 12.1 Å². The fourth-order valence-electron chi connectivity index (χ4n) is 3.86. The van der Waals surface area contributed by atoms with E-state index in [0.717, 1.165) is 12.8 Å². The van der Waals surface area contributed by atoms with E-state index in [9.17, 15) is 13.2 Å². The average molecular weight is 485 g/mol. The van der Waals surface area contributed by atoms with Crippen LogP contribution in [0.3, 0.4) is 0 Å². The number of aromatic nitrogens is 2. The Morgan fingerprint density at radius 1 is 1.24 bits per heavy atom. The largest absolute Gasteiger partial charge is 0.496 e. The van der Waals surface area contributed by atoms with E-state index >= 15 is 0 Å². The molecule has 1 fully saturated rings. The molecule has 0 unspecified atom stereocenters. The van der Waals surface area contributed by atoms with Crippen LogP contribution in [0.15, 0.2) is 45.8 Å². The van der Waals surface area contributed by atoms with Gasteiger partial charge in [0.25, 0.3) is 5.91 Å². The standard InChI is InChI=1S/C23H24N4O6S/c1-14-9-17-19(10-20(14)34(29,30)24-11-16-5-3-4-6-18(16)31-2)32-13-22(28)27(17)12-21-25-23(33-26-21)15-7-8-15/h3-6,9-10,15,24H,7-8,11-13H2,1-2H3. The summed E-state index contributed by atoms with van der Waals surface area (Å²) in [7, 11) is -2.33. The molecule has 3 aromatic rings. The molecule has 1 N–H and O–H groups in total. The van der Waals surface area contributed by atoms with Crippen LogP contribution in [0.1, 0.15) is 41.6 Å². The molecule has 1 amide bonds. The van der Waals surface area contributed by atoms with Crippen molar-refractivity contribution in [2.45, 2.75) is 43.7 Å². The molecule has 0 bridgehead atoms. The number of sulfonamides is 1. The molecule has 34 heavy (non-hydrogen) atoms. The molecule has 2 aliphatic rings. The maximum absolute atomic E-state index is 13.1. The maximum Gasteiger partial charge on any atom is 0.265 e. The van der Waals surface area contributed by atoms with Crippen molar-refractivity contribution in [2.24, 2.45) is 0 Å². The number of rotatable bonds is 8. The van der Waals surface area contributed by atoms with Crippen LogP contribution >= 0.6 is 0 Å². The zero-order chi connectivity index (χ0) is 23.9. The van der Waals surface area contributed by atoms with Crippen molar-refractivity contribution in [1.29, 1.82) is 0 Å². The predicted octanol–water partition coefficient (Wildman–Crippen LogP) is 2.67. The van der Waals surface area contributed by atoms with Crippen molar-refractivity contribution in [3.63, 3.8) is 0 Å². The van der Waals surface area contributed by atoms with Gasteiger partial charge in [0.2, 0.25) is 15.9 Å². The van der Waals surface area contributed by atoms with Gasteiger partial charge in [0.05, 0.1) is 24.2 Å². The summed E-state index contributed by atoms with van der Waals surface area (Å²) >= 11 is 0. The first kappa shape index (κ1) is 22.4. The first-order chi connectivity index (χ1) is 16.4. The molecule has 1 aromatic heterocycles. The number of benzene rings is 2. The van der Waals surface area contributed by atoms with Crippen LogP contribution < -0.4 is 19.1 Å². The Morgan fingerprint density at radius 2 is 2.03 bits per heavy atom. The molecule has 1 saturated carbocycles. The Hall–Kier alpha value is -3.44. The summed E-state index contributed by atoms with van der Waals surface area (Å²) in [5.41, 5.74) is 1.65. The number of hydrogen-bond donors (Lipinski definition) is 1. The lowest BCUT2D eigenvalue weighted by molar-refractivity contribution is -0.121. The number of para-hydroxylation sites is 1. The van der Waals surface area contributed by atoms with Crippen LogP contribution in [0.2, 0.25) is 0 Å². The number of fused-ring (bicyclic) bond motifs is 1. The molecule has 0 spiro atoms. The molecule has 10 nitrogen and oxygen atoms in total. The highest BCUT2D eigenvalue weighted by atomic mass is 32.2. The first-order valence-corrected chi connectivity index (χ1v) is 12.4. The summed E-state index contributed by atoms with van der Waals surface area (Å²) < 4.78 is 45.0. The lowest BCUT2D eigenvalue weighted by Crippen LogP contribution is -2.38. The normalized spacial score (nSPS) is 15.7. The zero-order valence-electron chi connectivity index (χ0n) is 18.8. The highest BCUT2D eigenvalue weighted by Crippen LogP contribution is 2.40. The van der Waals surface area contributed by atoms with Crippen LogP contribution in [-0.4, -0.2) is 38.2 Å². The molecule has 2 heterocycles. The smallest absolute Gasteiger partial charge is 0.265 e. The van der Waals surface area contributed by atoms with E-state index in [4.69, 9.17) is 14.0 Å². The van der Waals surface area contributed by atoms with Gasteiger partial charge >= 0.3 is 0 Å². The molecular weight excluding hydrogens is 460 g/mol. The lowest BCUT2D eigenvalue weighted by atomic mass is 10.1. The molecule has 1 aliphatic heterocycles. The fraction of sp³-hybridized carbons (Fsp3) is 0.348. The van der Waals surface area contributed by atoms with Gasteiger partial charge in [-0.1, -0.05) is 23.4 Å². The Labute approximate surface area is 196 Å². The van der Waals surface area contributed by atoms with Crippen molar-refractivity contribution < 1.29 is 27.2 Å². The van der Waals surface area contributed by atoms with E-state index in [1.165, 1.54) is 18.1 Å². The van der Waals surface area contributed by atoms with Crippen LogP contribution in [0.25, 0.3) is 0 Å². The topological polar surface area (TPSA) is 124 Å². The molecule has 178 valence electrons. The summed E-state index contributed by atoms with van der Waals surface area (Å²) in [6.45, 7) is 1.64. The summed E-state index contributed by atoms with van der Waals surface area (Å²) in [4.78, 5) is 18.6. The van der Waals surface area contributed by atoms with E-state index in [1.54, 1.807) is 25.1 Å². The van der Waals surface area contributed by atoms with Gasteiger partial charge in [0.15, 0.2) is 12.4 Å². The van der Waals surface area contributed by atoms with Gasteiger partial charge in [0, 0.05) is 24.1 Å². The Bertz CT molecular complexity index is 1350. The second-order valence-electron chi connectivity index (χ2n) is 8.31. The van der Waals surface area contributed by atoms with Crippen molar-refractivity contribution in [1.82, 2.24) is 14.9 Å². The zero-order valence-corrected chi connectivity index (χ0v) is 19.6. The quantitative estimate of drug-likeness (QED) is 0.518. The van der Waals surface area contributed by atoms with Crippen LogP contribution in [0.4, 0.5) is 5.69 Å². The second-order valence-corrected chi connectivity index (χ2v) is 10.0. The number of anilines is 1. The van der Waals surface area contributed by atoms with Gasteiger partial charge < -0.3 is 14.0 Å². The SMILES string of the molecule is COc1ccccc1CNS(=O)(=O)c1cc2c(cc1C)N(Cc1noc(C3CC3)n1)C(=O)CO2. The minimum atomic E-state index is -3.87. The van der Waals surface area contributed by atoms with Gasteiger partial charge in [-0.3, -0.25) is 9.69 Å². The first-order valence-electron chi connectivity index (χ1n) is 10.9. The number of amides is 1. The number of ether oxygens (including phenoxy) is 2. The van der Waals surface area contributed by atoms with Crippen molar-refractivity contribution in [3.8, 4) is 11.5 Å². The monoisotopic (exact) mass is 484 g/mol. The van der Waals surface area contributed by atoms with Crippen LogP contribution in [0, 0.1) is 6.92 Å². The number of methoxy groups -OCH3 is 1. The van der Waals surface area contributed by atoms with Gasteiger partial charge in [0.1, 0.15) is 11.5 Å². The fourth-order valence-corrected chi connectivity index (χ4v) is 5.11. The van der Waals surface area contributed by atoms with Gasteiger partial charge in [-0.05, 0) is 37.5 Å². The number of carbonyl (C=O) groups is 1. The Balaban J connectivity index is 1.39. The number of aryl methyl sites for hydroxylation is 1. The van der Waals surface area contributed by atoms with Gasteiger partial charge in [-0.25, -0.2) is 13.1 Å². The lowest BCUT2D eigenvalue weighted by Gasteiger charge is -2.29. The molecule has 5 rings (SSSR count). The predicted molar refractivity (Wildman–Crippen MR) is 121 cm³/mol. The molecule has 0 atom stereocenters. The third-order valence-electron chi connectivity index (χ3n) is 5.84. The second kappa shape index (κ2) is 8.73. The van der Waals surface area contributed by atoms with Crippen molar-refractivity contribution >= 4 is 21.6 Å². The highest BCUT2D eigenvalue weighted by molar-refractivity contribution is 7.89. The molecule has 0 radical (unpaired) electrons. The number of nitrogens with zero attached hydrogens (tertiary/aromatic N) is 3. The van der Waals surface area contributed by atoms with E-state index < -0.39 is 10.0 Å². The van der Waals surface area contributed by atoms with E-state index in [0.29, 0.717) is 45.9 Å². The minimum Gasteiger partial charge on any atom is -0.496 e. The van der Waals surface area contributed by atoms with Crippen molar-refractivity contribution in [2.75, 3.05) is 18.6 Å². The van der Waals surface area contributed by atoms with E-state index in [-0.39, 0.29) is 30.5 Å². The molecular formula is C23H24N4O6S. The third kappa shape index (κ3) is 4.36. The summed E-state index contributed by atoms with van der Waals surface area (Å²) in [6, 6.07) is 10.3. The Kier molecular flexibility index (Phi) is 5.74. The third-order valence-corrected chi connectivity index (χ3v) is 7.39. The van der Waals surface area contributed by atoms with E-state index in [2.05, 4.69) is 14.9 Å². The summed E-state index contributed by atoms with van der Waals surface area (Å²) in [5, 5.41) is 3.99. The van der Waals surface area contributed by atoms with Gasteiger partial charge in [-0.15, -0.1) is 0 Å². The minimum absolute atomic E-state index is 0.0650. The summed E-state index contributed by atoms with van der Waals surface area (Å²) in [5.74, 6) is 1.93. The number of nitrogens with one attached hydrogen (secondary N) is 1. The molecule has 1 aliphatic carbocycles. The van der Waals surface area contributed by atoms with Gasteiger partial charge in [-0.2, -0.15) is 4.98 Å². The Morgan fingerprint density at radius 3 is 2.79 bits per heavy atom. The summed E-state index contributed by atoms with van der Waals surface area (Å²) in [6.07, 6.45) is 2.06. The highest BCUT2D eigenvalue weighted by Gasteiger charge is 2.32. The average Bonchev–Trinajstić information content (AvgIpc) is 3.58. The molecule has 11 heteroatoms. The number of carbonyl (C=O) groups excluding carboxylic acids is 1. The number of hydrogen-bond acceptors (Lipinski definition) is 8. The van der Waals surface area contributed by atoms with Crippen LogP contribution in [0.5, 0.6) is 11.5 Å². The van der Waals surface area contributed by atoms with Crippen molar-refractivity contribution in [3.05, 3.63) is 59.2 Å². The molecule has 2 aromatic carbocycles. The maximum atomic E-state index is 13.1. The van der Waals surface area contributed by atoms with Crippen LogP contribution in [-0.2, 0) is 27.9 Å². The molecule has 0 saturated heterocycles.